The monoisotopic (exact) mass is 392 g/mol. The molecular formula is C25H32N2O2. The fourth-order valence-corrected chi connectivity index (χ4v) is 3.95. The first-order chi connectivity index (χ1) is 14.0. The fraction of sp³-hybridized carbons (Fsp3) is 0.440. The van der Waals surface area contributed by atoms with E-state index in [1.807, 2.05) is 60.0 Å². The number of nitrogens with zero attached hydrogens (tertiary/aromatic N) is 2. The van der Waals surface area contributed by atoms with Crippen LogP contribution in [0.1, 0.15) is 37.8 Å². The van der Waals surface area contributed by atoms with Crippen LogP contribution in [-0.2, 0) is 22.6 Å². The van der Waals surface area contributed by atoms with E-state index in [1.54, 1.807) is 0 Å². The smallest absolute Gasteiger partial charge is 0.226 e. The highest BCUT2D eigenvalue weighted by Crippen LogP contribution is 2.22. The lowest BCUT2D eigenvalue weighted by Gasteiger charge is -2.35. The lowest BCUT2D eigenvalue weighted by atomic mass is 9.94. The van der Waals surface area contributed by atoms with Crippen molar-refractivity contribution < 1.29 is 9.59 Å². The number of rotatable bonds is 7. The second kappa shape index (κ2) is 10.2. The molecule has 1 aliphatic heterocycles. The molecule has 4 nitrogen and oxygen atoms in total. The minimum Gasteiger partial charge on any atom is -0.342 e. The van der Waals surface area contributed by atoms with E-state index in [4.69, 9.17) is 0 Å². The van der Waals surface area contributed by atoms with Gasteiger partial charge < -0.3 is 9.80 Å². The van der Waals surface area contributed by atoms with Crippen molar-refractivity contribution >= 4 is 11.8 Å². The van der Waals surface area contributed by atoms with Gasteiger partial charge in [-0.1, -0.05) is 74.5 Å². The zero-order chi connectivity index (χ0) is 20.6. The van der Waals surface area contributed by atoms with E-state index in [-0.39, 0.29) is 23.7 Å². The Kier molecular flexibility index (Phi) is 7.45. The van der Waals surface area contributed by atoms with Crippen molar-refractivity contribution in [3.8, 4) is 0 Å². The zero-order valence-electron chi connectivity index (χ0n) is 17.6. The number of carbonyl (C=O) groups excluding carboxylic acids is 2. The van der Waals surface area contributed by atoms with Crippen molar-refractivity contribution in [1.29, 1.82) is 0 Å². The Bertz CT molecular complexity index is 781. The largest absolute Gasteiger partial charge is 0.342 e. The maximum absolute atomic E-state index is 13.4. The Morgan fingerprint density at radius 3 is 2.03 bits per heavy atom. The van der Waals surface area contributed by atoms with Crippen LogP contribution in [-0.4, -0.2) is 41.2 Å². The van der Waals surface area contributed by atoms with Crippen molar-refractivity contribution in [1.82, 2.24) is 9.80 Å². The maximum atomic E-state index is 13.4. The van der Waals surface area contributed by atoms with Gasteiger partial charge in [-0.3, -0.25) is 9.59 Å². The highest BCUT2D eigenvalue weighted by atomic mass is 16.2. The van der Waals surface area contributed by atoms with Gasteiger partial charge in [0.25, 0.3) is 0 Å². The molecule has 29 heavy (non-hydrogen) atoms. The van der Waals surface area contributed by atoms with E-state index >= 15 is 0 Å². The standard InChI is InChI=1S/C25H32N2O2/c1-20(2)24(28)26-17-14-23(15-18-26)25(29)27(19-22-11-7-4-8-12-22)16-13-21-9-5-3-6-10-21/h3-12,20,23H,13-19H2,1-2H3. The quantitative estimate of drug-likeness (QED) is 0.710. The van der Waals surface area contributed by atoms with E-state index in [1.165, 1.54) is 5.56 Å². The van der Waals surface area contributed by atoms with Gasteiger partial charge in [0.1, 0.15) is 0 Å². The van der Waals surface area contributed by atoms with Gasteiger partial charge in [-0.15, -0.1) is 0 Å². The van der Waals surface area contributed by atoms with Crippen LogP contribution in [0.3, 0.4) is 0 Å². The van der Waals surface area contributed by atoms with Gasteiger partial charge in [0.15, 0.2) is 0 Å². The van der Waals surface area contributed by atoms with Crippen LogP contribution in [0.15, 0.2) is 60.7 Å². The maximum Gasteiger partial charge on any atom is 0.226 e. The predicted molar refractivity (Wildman–Crippen MR) is 116 cm³/mol. The molecule has 2 aromatic rings. The van der Waals surface area contributed by atoms with Crippen molar-refractivity contribution in [2.75, 3.05) is 19.6 Å². The lowest BCUT2D eigenvalue weighted by molar-refractivity contribution is -0.142. The van der Waals surface area contributed by atoms with Gasteiger partial charge in [-0.05, 0) is 30.4 Å². The summed E-state index contributed by atoms with van der Waals surface area (Å²) in [4.78, 5) is 29.5. The Morgan fingerprint density at radius 2 is 1.48 bits per heavy atom. The molecule has 1 aliphatic rings. The minimum absolute atomic E-state index is 0.00528. The summed E-state index contributed by atoms with van der Waals surface area (Å²) in [7, 11) is 0. The SMILES string of the molecule is CC(C)C(=O)N1CCC(C(=O)N(CCc2ccccc2)Cc2ccccc2)CC1. The summed E-state index contributed by atoms with van der Waals surface area (Å²) in [5.41, 5.74) is 2.40. The van der Waals surface area contributed by atoms with Gasteiger partial charge in [-0.25, -0.2) is 0 Å². The molecule has 1 heterocycles. The summed E-state index contributed by atoms with van der Waals surface area (Å²) in [6.07, 6.45) is 2.37. The first kappa shape index (κ1) is 21.1. The van der Waals surface area contributed by atoms with E-state index in [0.29, 0.717) is 26.2 Å². The first-order valence-electron chi connectivity index (χ1n) is 10.7. The number of hydrogen-bond acceptors (Lipinski definition) is 2. The van der Waals surface area contributed by atoms with E-state index < -0.39 is 0 Å². The van der Waals surface area contributed by atoms with Crippen LogP contribution >= 0.6 is 0 Å². The molecule has 4 heteroatoms. The Labute approximate surface area is 174 Å². The summed E-state index contributed by atoms with van der Waals surface area (Å²) in [6.45, 7) is 6.59. The molecule has 0 bridgehead atoms. The molecular weight excluding hydrogens is 360 g/mol. The topological polar surface area (TPSA) is 40.6 Å². The number of carbonyl (C=O) groups is 2. The van der Waals surface area contributed by atoms with E-state index in [0.717, 1.165) is 24.8 Å². The molecule has 1 saturated heterocycles. The predicted octanol–water partition coefficient (Wildman–Crippen LogP) is 4.15. The van der Waals surface area contributed by atoms with E-state index in [9.17, 15) is 9.59 Å². The molecule has 0 unspecified atom stereocenters. The van der Waals surface area contributed by atoms with Crippen molar-refractivity contribution in [2.45, 2.75) is 39.7 Å². The summed E-state index contributed by atoms with van der Waals surface area (Å²) in [5, 5.41) is 0. The number of likely N-dealkylation sites (tertiary alicyclic amines) is 1. The van der Waals surface area contributed by atoms with Crippen LogP contribution in [0, 0.1) is 11.8 Å². The van der Waals surface area contributed by atoms with Gasteiger partial charge in [-0.2, -0.15) is 0 Å². The van der Waals surface area contributed by atoms with Gasteiger partial charge >= 0.3 is 0 Å². The normalized spacial score (nSPS) is 14.8. The van der Waals surface area contributed by atoms with Crippen molar-refractivity contribution in [3.05, 3.63) is 71.8 Å². The first-order valence-corrected chi connectivity index (χ1v) is 10.7. The highest BCUT2D eigenvalue weighted by molar-refractivity contribution is 5.81. The van der Waals surface area contributed by atoms with Crippen molar-refractivity contribution in [2.24, 2.45) is 11.8 Å². The molecule has 2 amide bonds. The zero-order valence-corrected chi connectivity index (χ0v) is 17.6. The van der Waals surface area contributed by atoms with Gasteiger partial charge in [0.2, 0.25) is 11.8 Å². The second-order valence-corrected chi connectivity index (χ2v) is 8.24. The molecule has 0 atom stereocenters. The third-order valence-corrected chi connectivity index (χ3v) is 5.69. The molecule has 0 saturated carbocycles. The Hall–Kier alpha value is -2.62. The average molecular weight is 393 g/mol. The second-order valence-electron chi connectivity index (χ2n) is 8.24. The van der Waals surface area contributed by atoms with Crippen LogP contribution in [0.5, 0.6) is 0 Å². The van der Waals surface area contributed by atoms with Crippen LogP contribution in [0.25, 0.3) is 0 Å². The number of benzene rings is 2. The van der Waals surface area contributed by atoms with Crippen LogP contribution < -0.4 is 0 Å². The Morgan fingerprint density at radius 1 is 0.931 bits per heavy atom. The third-order valence-electron chi connectivity index (χ3n) is 5.69. The number of piperidine rings is 1. The van der Waals surface area contributed by atoms with Crippen LogP contribution in [0.2, 0.25) is 0 Å². The number of hydrogen-bond donors (Lipinski definition) is 0. The third kappa shape index (κ3) is 5.93. The summed E-state index contributed by atoms with van der Waals surface area (Å²) < 4.78 is 0. The number of amides is 2. The molecule has 0 aromatic heterocycles. The molecule has 0 spiro atoms. The molecule has 0 aliphatic carbocycles. The summed E-state index contributed by atoms with van der Waals surface area (Å²) in [6, 6.07) is 20.5. The summed E-state index contributed by atoms with van der Waals surface area (Å²) >= 11 is 0. The van der Waals surface area contributed by atoms with E-state index in [2.05, 4.69) is 24.3 Å². The average Bonchev–Trinajstić information content (AvgIpc) is 2.77. The molecule has 0 N–H and O–H groups in total. The van der Waals surface area contributed by atoms with Gasteiger partial charge in [0, 0.05) is 38.0 Å². The lowest BCUT2D eigenvalue weighted by Crippen LogP contribution is -2.45. The Balaban J connectivity index is 1.64. The minimum atomic E-state index is 0.00528. The molecule has 2 aromatic carbocycles. The molecule has 1 fully saturated rings. The molecule has 3 rings (SSSR count). The highest BCUT2D eigenvalue weighted by Gasteiger charge is 2.30. The van der Waals surface area contributed by atoms with Crippen LogP contribution in [0.4, 0.5) is 0 Å². The van der Waals surface area contributed by atoms with Crippen molar-refractivity contribution in [3.63, 3.8) is 0 Å². The fourth-order valence-electron chi connectivity index (χ4n) is 3.95. The molecule has 154 valence electrons. The summed E-state index contributed by atoms with van der Waals surface area (Å²) in [5.74, 6) is 0.441. The molecule has 0 radical (unpaired) electrons. The van der Waals surface area contributed by atoms with Gasteiger partial charge in [0.05, 0.1) is 0 Å².